The predicted octanol–water partition coefficient (Wildman–Crippen LogP) is 1.98. The number of aromatic nitrogens is 3. The van der Waals surface area contributed by atoms with E-state index in [1.165, 1.54) is 6.33 Å². The van der Waals surface area contributed by atoms with E-state index in [1.807, 2.05) is 30.5 Å². The van der Waals surface area contributed by atoms with Gasteiger partial charge in [-0.15, -0.1) is 11.8 Å². The average Bonchev–Trinajstić information content (AvgIpc) is 2.94. The number of anilines is 1. The monoisotopic (exact) mass is 288 g/mol. The highest BCUT2D eigenvalue weighted by Crippen LogP contribution is 2.29. The summed E-state index contributed by atoms with van der Waals surface area (Å²) < 4.78 is 1.67. The molecule has 102 valence electrons. The van der Waals surface area contributed by atoms with Gasteiger partial charge in [-0.05, 0) is 30.0 Å². The molecule has 1 aliphatic rings. The van der Waals surface area contributed by atoms with Gasteiger partial charge >= 0.3 is 5.97 Å². The zero-order chi connectivity index (χ0) is 14.1. The Morgan fingerprint density at radius 3 is 2.80 bits per heavy atom. The van der Waals surface area contributed by atoms with Gasteiger partial charge in [0.1, 0.15) is 18.1 Å². The fourth-order valence-corrected chi connectivity index (χ4v) is 2.51. The number of hydrogen-bond donors (Lipinski definition) is 2. The number of nitrogens with zero attached hydrogens (tertiary/aromatic N) is 3. The van der Waals surface area contributed by atoms with Gasteiger partial charge in [0.2, 0.25) is 5.95 Å². The van der Waals surface area contributed by atoms with E-state index < -0.39 is 5.97 Å². The minimum atomic E-state index is -1.01. The van der Waals surface area contributed by atoms with Gasteiger partial charge in [0, 0.05) is 4.90 Å². The third-order valence-electron chi connectivity index (χ3n) is 3.10. The Bertz CT molecular complexity index is 678. The molecule has 1 aromatic heterocycles. The first-order valence-electron chi connectivity index (χ1n) is 5.94. The maximum Gasteiger partial charge on any atom is 0.352 e. The maximum absolute atomic E-state index is 11.2. The SMILES string of the molecule is CSc1ccc(C2C=C(C(=O)O)Nc3ncnn32)cc1. The molecule has 2 N–H and O–H groups in total. The molecule has 1 atom stereocenters. The minimum Gasteiger partial charge on any atom is -0.477 e. The number of carbonyl (C=O) groups is 1. The summed E-state index contributed by atoms with van der Waals surface area (Å²) in [5, 5.41) is 16.1. The topological polar surface area (TPSA) is 80.0 Å². The van der Waals surface area contributed by atoms with Gasteiger partial charge in [-0.3, -0.25) is 0 Å². The van der Waals surface area contributed by atoms with Gasteiger partial charge in [-0.2, -0.15) is 10.1 Å². The molecule has 6 nitrogen and oxygen atoms in total. The first-order valence-corrected chi connectivity index (χ1v) is 7.17. The fourth-order valence-electron chi connectivity index (χ4n) is 2.10. The Morgan fingerprint density at radius 1 is 1.40 bits per heavy atom. The lowest BCUT2D eigenvalue weighted by atomic mass is 10.0. The second kappa shape index (κ2) is 5.01. The maximum atomic E-state index is 11.2. The van der Waals surface area contributed by atoms with Crippen LogP contribution in [-0.4, -0.2) is 32.1 Å². The van der Waals surface area contributed by atoms with Crippen molar-refractivity contribution in [2.75, 3.05) is 11.6 Å². The summed E-state index contributed by atoms with van der Waals surface area (Å²) in [5.41, 5.74) is 1.08. The largest absolute Gasteiger partial charge is 0.477 e. The van der Waals surface area contributed by atoms with Crippen molar-refractivity contribution < 1.29 is 9.90 Å². The molecule has 0 amide bonds. The number of hydrogen-bond acceptors (Lipinski definition) is 5. The van der Waals surface area contributed by atoms with Crippen LogP contribution < -0.4 is 5.32 Å². The van der Waals surface area contributed by atoms with Crippen LogP contribution in [0.1, 0.15) is 11.6 Å². The number of carboxylic acid groups (broad SMARTS) is 1. The van der Waals surface area contributed by atoms with Crippen LogP contribution in [0.4, 0.5) is 5.95 Å². The van der Waals surface area contributed by atoms with Crippen molar-refractivity contribution in [2.24, 2.45) is 0 Å². The average molecular weight is 288 g/mol. The fraction of sp³-hybridized carbons (Fsp3) is 0.154. The van der Waals surface area contributed by atoms with E-state index in [-0.39, 0.29) is 11.7 Å². The van der Waals surface area contributed by atoms with Crippen LogP contribution in [0.15, 0.2) is 47.3 Å². The van der Waals surface area contributed by atoms with Crippen LogP contribution in [0, 0.1) is 0 Å². The molecule has 2 heterocycles. The summed E-state index contributed by atoms with van der Waals surface area (Å²) in [5.74, 6) is -0.575. The van der Waals surface area contributed by atoms with Gasteiger partial charge in [0.05, 0.1) is 0 Å². The Balaban J connectivity index is 2.04. The normalized spacial score (nSPS) is 17.1. The van der Waals surface area contributed by atoms with Gasteiger partial charge in [0.25, 0.3) is 0 Å². The third kappa shape index (κ3) is 2.16. The minimum absolute atomic E-state index is 0.115. The Hall–Kier alpha value is -2.28. The van der Waals surface area contributed by atoms with Crippen LogP contribution in [0.25, 0.3) is 0 Å². The van der Waals surface area contributed by atoms with E-state index in [1.54, 1.807) is 22.5 Å². The zero-order valence-electron chi connectivity index (χ0n) is 10.6. The molecular formula is C13H12N4O2S. The van der Waals surface area contributed by atoms with Crippen LogP contribution in [0.5, 0.6) is 0 Å². The molecule has 1 unspecified atom stereocenters. The molecule has 0 spiro atoms. The van der Waals surface area contributed by atoms with Gasteiger partial charge < -0.3 is 10.4 Å². The molecule has 0 radical (unpaired) electrons. The first-order chi connectivity index (χ1) is 9.69. The lowest BCUT2D eigenvalue weighted by Gasteiger charge is -2.22. The van der Waals surface area contributed by atoms with E-state index in [2.05, 4.69) is 15.4 Å². The highest BCUT2D eigenvalue weighted by molar-refractivity contribution is 7.98. The standard InChI is InChI=1S/C13H12N4O2S/c1-20-9-4-2-8(3-5-9)11-6-10(12(18)19)16-13-14-7-15-17(11)13/h2-7,11H,1H3,(H,18,19)(H,14,15,16). The number of thioether (sulfide) groups is 1. The molecule has 1 aliphatic heterocycles. The molecule has 20 heavy (non-hydrogen) atoms. The van der Waals surface area contributed by atoms with Crippen molar-refractivity contribution in [3.05, 3.63) is 47.9 Å². The molecule has 0 bridgehead atoms. The lowest BCUT2D eigenvalue weighted by Crippen LogP contribution is -2.24. The molecule has 1 aromatic carbocycles. The smallest absolute Gasteiger partial charge is 0.352 e. The van der Waals surface area contributed by atoms with Crippen LogP contribution in [0.3, 0.4) is 0 Å². The summed E-state index contributed by atoms with van der Waals surface area (Å²) in [4.78, 5) is 16.4. The van der Waals surface area contributed by atoms with Crippen LogP contribution >= 0.6 is 11.8 Å². The molecule has 0 fully saturated rings. The van der Waals surface area contributed by atoms with E-state index in [4.69, 9.17) is 5.11 Å². The second-order valence-corrected chi connectivity index (χ2v) is 5.14. The number of rotatable bonds is 3. The summed E-state index contributed by atoms with van der Waals surface area (Å²) in [6, 6.07) is 7.70. The lowest BCUT2D eigenvalue weighted by molar-refractivity contribution is -0.132. The highest BCUT2D eigenvalue weighted by atomic mass is 32.2. The Labute approximate surface area is 119 Å². The quantitative estimate of drug-likeness (QED) is 0.841. The number of allylic oxidation sites excluding steroid dienone is 1. The van der Waals surface area contributed by atoms with Crippen molar-refractivity contribution in [1.82, 2.24) is 14.8 Å². The number of nitrogens with one attached hydrogen (secondary N) is 1. The van der Waals surface area contributed by atoms with Crippen molar-refractivity contribution in [1.29, 1.82) is 0 Å². The van der Waals surface area contributed by atoms with Gasteiger partial charge in [-0.1, -0.05) is 12.1 Å². The Kier molecular flexibility index (Phi) is 3.19. The third-order valence-corrected chi connectivity index (χ3v) is 3.84. The summed E-state index contributed by atoms with van der Waals surface area (Å²) in [6.45, 7) is 0. The van der Waals surface area contributed by atoms with E-state index in [0.29, 0.717) is 5.95 Å². The number of fused-ring (bicyclic) bond motifs is 1. The summed E-state index contributed by atoms with van der Waals surface area (Å²) in [6.07, 6.45) is 5.06. The van der Waals surface area contributed by atoms with E-state index in [9.17, 15) is 4.79 Å². The molecular weight excluding hydrogens is 276 g/mol. The van der Waals surface area contributed by atoms with Gasteiger partial charge in [0.15, 0.2) is 0 Å². The van der Waals surface area contributed by atoms with Crippen molar-refractivity contribution in [3.63, 3.8) is 0 Å². The Morgan fingerprint density at radius 2 is 2.15 bits per heavy atom. The number of carboxylic acids is 1. The first kappa shape index (κ1) is 12.7. The zero-order valence-corrected chi connectivity index (χ0v) is 11.5. The second-order valence-electron chi connectivity index (χ2n) is 4.26. The molecule has 3 rings (SSSR count). The van der Waals surface area contributed by atoms with Crippen LogP contribution in [-0.2, 0) is 4.79 Å². The molecule has 7 heteroatoms. The van der Waals surface area contributed by atoms with Crippen molar-refractivity contribution >= 4 is 23.7 Å². The number of benzene rings is 1. The van der Waals surface area contributed by atoms with Gasteiger partial charge in [-0.25, -0.2) is 9.48 Å². The number of aliphatic carboxylic acids is 1. The van der Waals surface area contributed by atoms with E-state index >= 15 is 0 Å². The predicted molar refractivity (Wildman–Crippen MR) is 75.7 cm³/mol. The summed E-state index contributed by atoms with van der Waals surface area (Å²) >= 11 is 1.66. The molecule has 2 aromatic rings. The van der Waals surface area contributed by atoms with Crippen LogP contribution in [0.2, 0.25) is 0 Å². The van der Waals surface area contributed by atoms with Crippen molar-refractivity contribution in [2.45, 2.75) is 10.9 Å². The molecule has 0 saturated heterocycles. The van der Waals surface area contributed by atoms with E-state index in [0.717, 1.165) is 10.5 Å². The summed E-state index contributed by atoms with van der Waals surface area (Å²) in [7, 11) is 0. The van der Waals surface area contributed by atoms with Crippen molar-refractivity contribution in [3.8, 4) is 0 Å². The molecule has 0 saturated carbocycles. The highest BCUT2D eigenvalue weighted by Gasteiger charge is 2.25. The molecule has 0 aliphatic carbocycles.